The fourth-order valence-electron chi connectivity index (χ4n) is 1.39. The Labute approximate surface area is 113 Å². The van der Waals surface area contributed by atoms with Crippen molar-refractivity contribution >= 4 is 34.5 Å². The van der Waals surface area contributed by atoms with Crippen LogP contribution in [0.3, 0.4) is 0 Å². The lowest BCUT2D eigenvalue weighted by Crippen LogP contribution is -2.15. The molecular weight excluding hydrogens is 285 g/mol. The van der Waals surface area contributed by atoms with Gasteiger partial charge in [-0.3, -0.25) is 0 Å². The van der Waals surface area contributed by atoms with Gasteiger partial charge in [0.1, 0.15) is 4.99 Å². The van der Waals surface area contributed by atoms with E-state index in [1.54, 1.807) is 18.2 Å². The number of thiocarbonyl (C=S) groups is 1. The molecule has 0 aliphatic carbocycles. The van der Waals surface area contributed by atoms with Crippen molar-refractivity contribution in [1.29, 1.82) is 0 Å². The lowest BCUT2D eigenvalue weighted by molar-refractivity contribution is -0.134. The van der Waals surface area contributed by atoms with Crippen molar-refractivity contribution in [2.75, 3.05) is 11.9 Å². The van der Waals surface area contributed by atoms with E-state index in [0.717, 1.165) is 0 Å². The van der Waals surface area contributed by atoms with E-state index in [4.69, 9.17) is 29.6 Å². The summed E-state index contributed by atoms with van der Waals surface area (Å²) in [5.41, 5.74) is 6.63. The van der Waals surface area contributed by atoms with Crippen LogP contribution in [0.1, 0.15) is 18.4 Å². The quantitative estimate of drug-likeness (QED) is 0.642. The van der Waals surface area contributed by atoms with Crippen LogP contribution in [0.25, 0.3) is 0 Å². The van der Waals surface area contributed by atoms with Crippen LogP contribution in [0.15, 0.2) is 18.2 Å². The monoisotopic (exact) mass is 296 g/mol. The molecule has 0 bridgehead atoms. The highest BCUT2D eigenvalue weighted by molar-refractivity contribution is 7.80. The Bertz CT molecular complexity index is 435. The zero-order valence-corrected chi connectivity index (χ0v) is 10.9. The predicted octanol–water partition coefficient (Wildman–Crippen LogP) is 3.73. The maximum Gasteiger partial charge on any atom is 0.389 e. The Balaban J connectivity index is 2.61. The predicted molar refractivity (Wildman–Crippen MR) is 71.1 cm³/mol. The molecule has 0 aliphatic heterocycles. The summed E-state index contributed by atoms with van der Waals surface area (Å²) in [6, 6.07) is 4.84. The molecule has 2 nitrogen and oxygen atoms in total. The second-order valence-electron chi connectivity index (χ2n) is 3.70. The van der Waals surface area contributed by atoms with Gasteiger partial charge in [0.2, 0.25) is 0 Å². The summed E-state index contributed by atoms with van der Waals surface area (Å²) in [5, 5.41) is 3.32. The summed E-state index contributed by atoms with van der Waals surface area (Å²) in [6.07, 6.45) is -4.99. The zero-order valence-electron chi connectivity index (χ0n) is 9.35. The molecule has 0 aliphatic rings. The van der Waals surface area contributed by atoms with E-state index in [-0.39, 0.29) is 18.0 Å². The Kier molecular flexibility index (Phi) is 5.22. The second-order valence-corrected chi connectivity index (χ2v) is 4.58. The highest BCUT2D eigenvalue weighted by Gasteiger charge is 2.25. The van der Waals surface area contributed by atoms with E-state index in [2.05, 4.69) is 5.32 Å². The maximum atomic E-state index is 12.0. The number of rotatable bonds is 5. The van der Waals surface area contributed by atoms with Crippen molar-refractivity contribution in [2.45, 2.75) is 19.0 Å². The topological polar surface area (TPSA) is 38.0 Å². The third kappa shape index (κ3) is 5.10. The third-order valence-electron chi connectivity index (χ3n) is 2.20. The van der Waals surface area contributed by atoms with Gasteiger partial charge in [-0.2, -0.15) is 13.2 Å². The molecule has 0 aromatic heterocycles. The molecule has 100 valence electrons. The van der Waals surface area contributed by atoms with Crippen LogP contribution >= 0.6 is 23.8 Å². The number of hydrogen-bond acceptors (Lipinski definition) is 2. The van der Waals surface area contributed by atoms with Gasteiger partial charge in [0, 0.05) is 29.2 Å². The number of nitrogens with two attached hydrogens (primary N) is 1. The van der Waals surface area contributed by atoms with Crippen LogP contribution in [-0.2, 0) is 0 Å². The first kappa shape index (κ1) is 15.0. The van der Waals surface area contributed by atoms with E-state index in [0.29, 0.717) is 16.3 Å². The summed E-state index contributed by atoms with van der Waals surface area (Å²) in [4.78, 5) is 0.171. The molecule has 0 unspecified atom stereocenters. The molecule has 18 heavy (non-hydrogen) atoms. The average molecular weight is 297 g/mol. The first-order valence-corrected chi connectivity index (χ1v) is 5.98. The standard InChI is InChI=1S/C11H12ClF3N2S/c12-7-2-3-8(10(16)18)9(6-7)17-5-1-4-11(13,14)15/h2-3,6,17H,1,4-5H2,(H2,16,18). The van der Waals surface area contributed by atoms with Crippen LogP contribution < -0.4 is 11.1 Å². The van der Waals surface area contributed by atoms with E-state index in [9.17, 15) is 13.2 Å². The molecule has 0 saturated heterocycles. The Morgan fingerprint density at radius 2 is 2.06 bits per heavy atom. The van der Waals surface area contributed by atoms with E-state index < -0.39 is 12.6 Å². The highest BCUT2D eigenvalue weighted by Crippen LogP contribution is 2.23. The van der Waals surface area contributed by atoms with Crippen molar-refractivity contribution in [3.05, 3.63) is 28.8 Å². The molecule has 7 heteroatoms. The fraction of sp³-hybridized carbons (Fsp3) is 0.364. The largest absolute Gasteiger partial charge is 0.389 e. The number of nitrogens with one attached hydrogen (secondary N) is 1. The SMILES string of the molecule is NC(=S)c1ccc(Cl)cc1NCCCC(F)(F)F. The Hall–Kier alpha value is -1.01. The normalized spacial score (nSPS) is 11.3. The first-order valence-electron chi connectivity index (χ1n) is 5.19. The summed E-state index contributed by atoms with van der Waals surface area (Å²) in [6.45, 7) is 0.176. The van der Waals surface area contributed by atoms with Gasteiger partial charge in [-0.05, 0) is 24.6 Å². The zero-order chi connectivity index (χ0) is 13.8. The number of benzene rings is 1. The lowest BCUT2D eigenvalue weighted by Gasteiger charge is -2.12. The van der Waals surface area contributed by atoms with Crippen molar-refractivity contribution in [3.63, 3.8) is 0 Å². The van der Waals surface area contributed by atoms with Gasteiger partial charge in [-0.15, -0.1) is 0 Å². The smallest absolute Gasteiger partial charge is 0.389 e. The van der Waals surface area contributed by atoms with E-state index >= 15 is 0 Å². The summed E-state index contributed by atoms with van der Waals surface area (Å²) in [7, 11) is 0. The molecule has 0 amide bonds. The molecular formula is C11H12ClF3N2S. The van der Waals surface area contributed by atoms with Gasteiger partial charge in [-0.1, -0.05) is 23.8 Å². The molecule has 0 spiro atoms. The summed E-state index contributed by atoms with van der Waals surface area (Å²) < 4.78 is 35.9. The van der Waals surface area contributed by atoms with Crippen molar-refractivity contribution in [3.8, 4) is 0 Å². The summed E-state index contributed by atoms with van der Waals surface area (Å²) >= 11 is 10.6. The van der Waals surface area contributed by atoms with Gasteiger partial charge in [0.15, 0.2) is 0 Å². The molecule has 1 aromatic carbocycles. The minimum absolute atomic E-state index is 0.0210. The van der Waals surface area contributed by atoms with Gasteiger partial charge in [-0.25, -0.2) is 0 Å². The fourth-order valence-corrected chi connectivity index (χ4v) is 1.74. The highest BCUT2D eigenvalue weighted by atomic mass is 35.5. The maximum absolute atomic E-state index is 12.0. The third-order valence-corrected chi connectivity index (χ3v) is 2.65. The molecule has 0 radical (unpaired) electrons. The van der Waals surface area contributed by atoms with Crippen molar-refractivity contribution in [1.82, 2.24) is 0 Å². The van der Waals surface area contributed by atoms with Gasteiger partial charge >= 0.3 is 6.18 Å². The summed E-state index contributed by atoms with van der Waals surface area (Å²) in [5.74, 6) is 0. The van der Waals surface area contributed by atoms with Crippen LogP contribution in [0.2, 0.25) is 5.02 Å². The van der Waals surface area contributed by atoms with Crippen LogP contribution in [0, 0.1) is 0 Å². The minimum atomic E-state index is -4.14. The molecule has 1 aromatic rings. The van der Waals surface area contributed by atoms with Crippen LogP contribution in [-0.4, -0.2) is 17.7 Å². The molecule has 0 heterocycles. The van der Waals surface area contributed by atoms with Gasteiger partial charge in [0.25, 0.3) is 0 Å². The Morgan fingerprint density at radius 1 is 1.39 bits per heavy atom. The van der Waals surface area contributed by atoms with Crippen LogP contribution in [0.4, 0.5) is 18.9 Å². The Morgan fingerprint density at radius 3 is 2.61 bits per heavy atom. The van der Waals surface area contributed by atoms with E-state index in [1.807, 2.05) is 0 Å². The van der Waals surface area contributed by atoms with Crippen molar-refractivity contribution < 1.29 is 13.2 Å². The van der Waals surface area contributed by atoms with Gasteiger partial charge < -0.3 is 11.1 Å². The van der Waals surface area contributed by atoms with Gasteiger partial charge in [0.05, 0.1) is 0 Å². The number of halogens is 4. The minimum Gasteiger partial charge on any atom is -0.389 e. The number of alkyl halides is 3. The van der Waals surface area contributed by atoms with Crippen molar-refractivity contribution in [2.24, 2.45) is 5.73 Å². The first-order chi connectivity index (χ1) is 8.29. The lowest BCUT2D eigenvalue weighted by atomic mass is 10.1. The number of hydrogen-bond donors (Lipinski definition) is 2. The van der Waals surface area contributed by atoms with E-state index in [1.165, 1.54) is 0 Å². The molecule has 0 saturated carbocycles. The second kappa shape index (κ2) is 6.24. The number of anilines is 1. The van der Waals surface area contributed by atoms with Crippen LogP contribution in [0.5, 0.6) is 0 Å². The molecule has 1 rings (SSSR count). The molecule has 0 fully saturated rings. The average Bonchev–Trinajstić information content (AvgIpc) is 2.22. The molecule has 0 atom stereocenters. The molecule has 3 N–H and O–H groups in total.